The minimum absolute atomic E-state index is 0.147. The molecule has 0 unspecified atom stereocenters. The zero-order valence-electron chi connectivity index (χ0n) is 12.5. The Hall–Kier alpha value is -1.90. The van der Waals surface area contributed by atoms with Crippen molar-refractivity contribution in [3.05, 3.63) is 41.7 Å². The number of para-hydroxylation sites is 2. The predicted octanol–water partition coefficient (Wildman–Crippen LogP) is 3.91. The lowest BCUT2D eigenvalue weighted by Crippen LogP contribution is -2.08. The zero-order chi connectivity index (χ0) is 14.5. The standard InChI is InChI=1S/C17H22N2O/c1-4-13(5-2)11-14(20)12-17-18-15-9-7-8-10-16(15)19(17)6-3/h7-11H,4-6,12H2,1-3H3. The normalized spacial score (nSPS) is 10.8. The average molecular weight is 270 g/mol. The first kappa shape index (κ1) is 14.5. The molecule has 0 aliphatic carbocycles. The highest BCUT2D eigenvalue weighted by molar-refractivity contribution is 5.92. The molecule has 106 valence electrons. The fourth-order valence-electron chi connectivity index (χ4n) is 2.50. The Kier molecular flexibility index (Phi) is 4.72. The molecule has 0 amide bonds. The van der Waals surface area contributed by atoms with E-state index in [0.717, 1.165) is 36.2 Å². The van der Waals surface area contributed by atoms with Crippen LogP contribution < -0.4 is 0 Å². The number of carbonyl (C=O) groups excluding carboxylic acids is 1. The van der Waals surface area contributed by atoms with Crippen LogP contribution >= 0.6 is 0 Å². The van der Waals surface area contributed by atoms with E-state index in [9.17, 15) is 4.79 Å². The quantitative estimate of drug-likeness (QED) is 0.746. The highest BCUT2D eigenvalue weighted by Crippen LogP contribution is 2.17. The first-order valence-corrected chi connectivity index (χ1v) is 7.36. The van der Waals surface area contributed by atoms with Crippen LogP contribution in [0.3, 0.4) is 0 Å². The van der Waals surface area contributed by atoms with Crippen LogP contribution in [0.25, 0.3) is 11.0 Å². The van der Waals surface area contributed by atoms with Gasteiger partial charge in [-0.3, -0.25) is 4.79 Å². The third-order valence-electron chi connectivity index (χ3n) is 3.66. The lowest BCUT2D eigenvalue weighted by Gasteiger charge is -2.05. The molecule has 0 radical (unpaired) electrons. The molecule has 0 aliphatic rings. The van der Waals surface area contributed by atoms with Crippen molar-refractivity contribution in [2.45, 2.75) is 46.6 Å². The van der Waals surface area contributed by atoms with Gasteiger partial charge in [-0.05, 0) is 38.0 Å². The van der Waals surface area contributed by atoms with Crippen LogP contribution in [-0.4, -0.2) is 15.3 Å². The highest BCUT2D eigenvalue weighted by atomic mass is 16.1. The molecule has 2 aromatic rings. The van der Waals surface area contributed by atoms with Crippen molar-refractivity contribution >= 4 is 16.8 Å². The molecule has 1 aromatic carbocycles. The van der Waals surface area contributed by atoms with Crippen LogP contribution in [0.5, 0.6) is 0 Å². The smallest absolute Gasteiger partial charge is 0.163 e. The Balaban J connectivity index is 2.29. The van der Waals surface area contributed by atoms with Gasteiger partial charge in [-0.25, -0.2) is 4.98 Å². The van der Waals surface area contributed by atoms with Gasteiger partial charge in [0.25, 0.3) is 0 Å². The molecule has 1 heterocycles. The van der Waals surface area contributed by atoms with Crippen molar-refractivity contribution in [2.24, 2.45) is 0 Å². The summed E-state index contributed by atoms with van der Waals surface area (Å²) in [6.45, 7) is 7.09. The lowest BCUT2D eigenvalue weighted by atomic mass is 10.1. The summed E-state index contributed by atoms with van der Waals surface area (Å²) in [5.74, 6) is 1.01. The fourth-order valence-corrected chi connectivity index (χ4v) is 2.50. The molecule has 1 aromatic heterocycles. The summed E-state index contributed by atoms with van der Waals surface area (Å²) in [5, 5.41) is 0. The van der Waals surface area contributed by atoms with Gasteiger partial charge in [0.2, 0.25) is 0 Å². The molecule has 2 rings (SSSR count). The monoisotopic (exact) mass is 270 g/mol. The van der Waals surface area contributed by atoms with Crippen LogP contribution in [0.2, 0.25) is 0 Å². The molecule has 0 spiro atoms. The second-order valence-corrected chi connectivity index (χ2v) is 4.91. The van der Waals surface area contributed by atoms with Gasteiger partial charge >= 0.3 is 0 Å². The SMILES string of the molecule is CCC(=CC(=O)Cc1nc2ccccc2n1CC)CC. The number of hydrogen-bond donors (Lipinski definition) is 0. The lowest BCUT2D eigenvalue weighted by molar-refractivity contribution is -0.114. The maximum absolute atomic E-state index is 12.2. The third kappa shape index (κ3) is 2.98. The van der Waals surface area contributed by atoms with Gasteiger partial charge in [0.1, 0.15) is 5.82 Å². The third-order valence-corrected chi connectivity index (χ3v) is 3.66. The molecule has 20 heavy (non-hydrogen) atoms. The van der Waals surface area contributed by atoms with Crippen molar-refractivity contribution in [2.75, 3.05) is 0 Å². The Bertz CT molecular complexity index is 631. The van der Waals surface area contributed by atoms with Gasteiger partial charge in [0.15, 0.2) is 5.78 Å². The summed E-state index contributed by atoms with van der Waals surface area (Å²) >= 11 is 0. The number of carbonyl (C=O) groups is 1. The number of hydrogen-bond acceptors (Lipinski definition) is 2. The molecule has 0 saturated heterocycles. The zero-order valence-corrected chi connectivity index (χ0v) is 12.5. The molecule has 0 N–H and O–H groups in total. The number of aryl methyl sites for hydroxylation is 1. The molecule has 3 nitrogen and oxygen atoms in total. The number of benzene rings is 1. The van der Waals surface area contributed by atoms with Crippen LogP contribution in [0.1, 0.15) is 39.4 Å². The van der Waals surface area contributed by atoms with Crippen molar-refractivity contribution in [1.29, 1.82) is 0 Å². The minimum atomic E-state index is 0.147. The van der Waals surface area contributed by atoms with E-state index in [1.807, 2.05) is 18.2 Å². The first-order chi connectivity index (χ1) is 9.69. The Morgan fingerprint density at radius 2 is 1.90 bits per heavy atom. The number of nitrogens with zero attached hydrogens (tertiary/aromatic N) is 2. The fraction of sp³-hybridized carbons (Fsp3) is 0.412. The van der Waals surface area contributed by atoms with Gasteiger partial charge < -0.3 is 4.57 Å². The maximum Gasteiger partial charge on any atom is 0.163 e. The summed E-state index contributed by atoms with van der Waals surface area (Å²) in [4.78, 5) is 16.8. The van der Waals surface area contributed by atoms with E-state index >= 15 is 0 Å². The molecule has 0 aliphatic heterocycles. The van der Waals surface area contributed by atoms with E-state index in [1.54, 1.807) is 6.08 Å². The minimum Gasteiger partial charge on any atom is -0.328 e. The molecule has 3 heteroatoms. The van der Waals surface area contributed by atoms with E-state index in [0.29, 0.717) is 6.42 Å². The maximum atomic E-state index is 12.2. The largest absolute Gasteiger partial charge is 0.328 e. The van der Waals surface area contributed by atoms with E-state index in [2.05, 4.69) is 36.4 Å². The first-order valence-electron chi connectivity index (χ1n) is 7.36. The Morgan fingerprint density at radius 3 is 2.55 bits per heavy atom. The molecule has 0 fully saturated rings. The van der Waals surface area contributed by atoms with Crippen LogP contribution in [0, 0.1) is 0 Å². The van der Waals surface area contributed by atoms with E-state index < -0.39 is 0 Å². The van der Waals surface area contributed by atoms with Gasteiger partial charge in [-0.1, -0.05) is 31.6 Å². The average Bonchev–Trinajstić information content (AvgIpc) is 2.81. The predicted molar refractivity (Wildman–Crippen MR) is 82.8 cm³/mol. The number of rotatable bonds is 6. The second-order valence-electron chi connectivity index (χ2n) is 4.91. The van der Waals surface area contributed by atoms with Gasteiger partial charge in [-0.2, -0.15) is 0 Å². The van der Waals surface area contributed by atoms with Crippen molar-refractivity contribution in [3.8, 4) is 0 Å². The highest BCUT2D eigenvalue weighted by Gasteiger charge is 2.11. The summed E-state index contributed by atoms with van der Waals surface area (Å²) in [6.07, 6.45) is 4.05. The Morgan fingerprint density at radius 1 is 1.20 bits per heavy atom. The van der Waals surface area contributed by atoms with Gasteiger partial charge in [0, 0.05) is 6.54 Å². The van der Waals surface area contributed by atoms with Gasteiger partial charge in [0.05, 0.1) is 17.5 Å². The number of ketones is 1. The van der Waals surface area contributed by atoms with Crippen molar-refractivity contribution in [1.82, 2.24) is 9.55 Å². The summed E-state index contributed by atoms with van der Waals surface area (Å²) in [7, 11) is 0. The molecular weight excluding hydrogens is 248 g/mol. The van der Waals surface area contributed by atoms with Crippen molar-refractivity contribution in [3.63, 3.8) is 0 Å². The topological polar surface area (TPSA) is 34.9 Å². The number of aromatic nitrogens is 2. The van der Waals surface area contributed by atoms with E-state index in [1.165, 1.54) is 5.57 Å². The number of imidazole rings is 1. The van der Waals surface area contributed by atoms with E-state index in [4.69, 9.17) is 0 Å². The Labute approximate surface area is 120 Å². The second kappa shape index (κ2) is 6.51. The van der Waals surface area contributed by atoms with Crippen molar-refractivity contribution < 1.29 is 4.79 Å². The molecule has 0 atom stereocenters. The summed E-state index contributed by atoms with van der Waals surface area (Å²) in [6, 6.07) is 8.04. The van der Waals surface area contributed by atoms with Crippen LogP contribution in [0.15, 0.2) is 35.9 Å². The van der Waals surface area contributed by atoms with Crippen LogP contribution in [-0.2, 0) is 17.8 Å². The molecular formula is C17H22N2O. The summed E-state index contributed by atoms with van der Waals surface area (Å²) in [5.41, 5.74) is 3.27. The number of fused-ring (bicyclic) bond motifs is 1. The molecule has 0 saturated carbocycles. The van der Waals surface area contributed by atoms with Gasteiger partial charge in [-0.15, -0.1) is 0 Å². The summed E-state index contributed by atoms with van der Waals surface area (Å²) < 4.78 is 2.12. The van der Waals surface area contributed by atoms with E-state index in [-0.39, 0.29) is 5.78 Å². The van der Waals surface area contributed by atoms with Crippen LogP contribution in [0.4, 0.5) is 0 Å². The number of allylic oxidation sites excluding steroid dienone is 2. The molecule has 0 bridgehead atoms.